The summed E-state index contributed by atoms with van der Waals surface area (Å²) < 4.78 is 6.75. The Labute approximate surface area is 224 Å². The molecule has 1 atom stereocenters. The highest BCUT2D eigenvalue weighted by Crippen LogP contribution is 2.29. The second-order valence-electron chi connectivity index (χ2n) is 9.16. The number of nitrogens with one attached hydrogen (secondary N) is 2. The van der Waals surface area contributed by atoms with Gasteiger partial charge in [0.15, 0.2) is 0 Å². The van der Waals surface area contributed by atoms with E-state index < -0.39 is 12.0 Å². The number of hydrogen-bond donors (Lipinski definition) is 3. The summed E-state index contributed by atoms with van der Waals surface area (Å²) in [5.41, 5.74) is 1.02. The molecule has 2 amide bonds. The Kier molecular flexibility index (Phi) is 8.55. The Balaban J connectivity index is 1.43. The maximum Gasteiger partial charge on any atom is 0.328 e. The van der Waals surface area contributed by atoms with E-state index >= 15 is 0 Å². The summed E-state index contributed by atoms with van der Waals surface area (Å²) in [6.45, 7) is 3.98. The SMILES string of the molecule is CC(C)CC(NC(=O)c1ccc(Oc2ccccc2)cc1)C(=O)Nc1ccc2sc(/C=C/C(=O)O)cc2c1. The molecule has 4 aromatic rings. The van der Waals surface area contributed by atoms with Gasteiger partial charge in [-0.15, -0.1) is 11.3 Å². The second-order valence-corrected chi connectivity index (χ2v) is 10.3. The fourth-order valence-electron chi connectivity index (χ4n) is 3.85. The molecular formula is C30H28N2O5S. The quantitative estimate of drug-likeness (QED) is 0.202. The highest BCUT2D eigenvalue weighted by molar-refractivity contribution is 7.19. The number of benzene rings is 3. The van der Waals surface area contributed by atoms with E-state index in [1.807, 2.05) is 62.4 Å². The lowest BCUT2D eigenvalue weighted by Crippen LogP contribution is -2.44. The van der Waals surface area contributed by atoms with Gasteiger partial charge in [0.05, 0.1) is 0 Å². The minimum atomic E-state index is -1.01. The molecule has 0 fully saturated rings. The van der Waals surface area contributed by atoms with Crippen molar-refractivity contribution in [2.75, 3.05) is 5.32 Å². The largest absolute Gasteiger partial charge is 0.478 e. The van der Waals surface area contributed by atoms with Gasteiger partial charge in [-0.05, 0) is 84.5 Å². The Morgan fingerprint density at radius 2 is 1.66 bits per heavy atom. The van der Waals surface area contributed by atoms with Crippen molar-refractivity contribution in [1.82, 2.24) is 5.32 Å². The first-order valence-corrected chi connectivity index (χ1v) is 13.0. The smallest absolute Gasteiger partial charge is 0.328 e. The molecule has 0 aliphatic rings. The van der Waals surface area contributed by atoms with Crippen molar-refractivity contribution >= 4 is 51.0 Å². The number of anilines is 1. The number of aliphatic carboxylic acids is 1. The van der Waals surface area contributed by atoms with Gasteiger partial charge in [-0.25, -0.2) is 4.79 Å². The Morgan fingerprint density at radius 1 is 0.947 bits per heavy atom. The van der Waals surface area contributed by atoms with Crippen LogP contribution in [-0.2, 0) is 9.59 Å². The van der Waals surface area contributed by atoms with Gasteiger partial charge in [0.25, 0.3) is 5.91 Å². The van der Waals surface area contributed by atoms with E-state index in [9.17, 15) is 14.4 Å². The summed E-state index contributed by atoms with van der Waals surface area (Å²) >= 11 is 1.46. The second kappa shape index (κ2) is 12.2. The number of para-hydroxylation sites is 1. The molecule has 1 aromatic heterocycles. The van der Waals surface area contributed by atoms with Gasteiger partial charge in [0.2, 0.25) is 5.91 Å². The van der Waals surface area contributed by atoms with Crippen molar-refractivity contribution in [3.8, 4) is 11.5 Å². The fourth-order valence-corrected chi connectivity index (χ4v) is 4.80. The van der Waals surface area contributed by atoms with E-state index in [0.717, 1.165) is 21.0 Å². The van der Waals surface area contributed by atoms with Crippen molar-refractivity contribution in [1.29, 1.82) is 0 Å². The molecule has 8 heteroatoms. The van der Waals surface area contributed by atoms with E-state index in [2.05, 4.69) is 10.6 Å². The molecule has 3 N–H and O–H groups in total. The predicted molar refractivity (Wildman–Crippen MR) is 151 cm³/mol. The van der Waals surface area contributed by atoms with Gasteiger partial charge in [0, 0.05) is 26.9 Å². The predicted octanol–water partition coefficient (Wildman–Crippen LogP) is 6.57. The molecule has 0 radical (unpaired) electrons. The Bertz CT molecular complexity index is 1460. The first-order valence-electron chi connectivity index (χ1n) is 12.2. The maximum atomic E-state index is 13.2. The number of thiophene rings is 1. The third-order valence-corrected chi connectivity index (χ3v) is 6.70. The molecule has 0 aliphatic carbocycles. The van der Waals surface area contributed by atoms with Gasteiger partial charge in [-0.1, -0.05) is 32.0 Å². The summed E-state index contributed by atoms with van der Waals surface area (Å²) in [5, 5.41) is 15.5. The molecule has 194 valence electrons. The standard InChI is InChI=1S/C30H28N2O5S/c1-19(2)16-26(32-29(35)20-8-11-24(12-9-20)37-23-6-4-3-5-7-23)30(36)31-22-10-14-27-21(17-22)18-25(38-27)13-15-28(33)34/h3-15,17-19,26H,16H2,1-2H3,(H,31,36)(H,32,35)(H,33,34)/b15-13+. The zero-order chi connectivity index (χ0) is 27.1. The van der Waals surface area contributed by atoms with E-state index in [4.69, 9.17) is 9.84 Å². The van der Waals surface area contributed by atoms with Crippen LogP contribution < -0.4 is 15.4 Å². The topological polar surface area (TPSA) is 105 Å². The van der Waals surface area contributed by atoms with Crippen LogP contribution >= 0.6 is 11.3 Å². The molecule has 0 saturated carbocycles. The van der Waals surface area contributed by atoms with Crippen LogP contribution in [0.5, 0.6) is 11.5 Å². The maximum absolute atomic E-state index is 13.2. The first-order chi connectivity index (χ1) is 18.3. The highest BCUT2D eigenvalue weighted by Gasteiger charge is 2.23. The van der Waals surface area contributed by atoms with Gasteiger partial charge in [0.1, 0.15) is 17.5 Å². The highest BCUT2D eigenvalue weighted by atomic mass is 32.1. The molecule has 3 aromatic carbocycles. The van der Waals surface area contributed by atoms with Crippen molar-refractivity contribution in [2.45, 2.75) is 26.3 Å². The van der Waals surface area contributed by atoms with Crippen molar-refractivity contribution < 1.29 is 24.2 Å². The van der Waals surface area contributed by atoms with Gasteiger partial charge in [-0.2, -0.15) is 0 Å². The molecule has 0 aliphatic heterocycles. The van der Waals surface area contributed by atoms with E-state index in [0.29, 0.717) is 29.2 Å². The normalized spacial score (nSPS) is 12.0. The molecule has 0 saturated heterocycles. The van der Waals surface area contributed by atoms with Crippen LogP contribution in [0.25, 0.3) is 16.2 Å². The molecule has 38 heavy (non-hydrogen) atoms. The van der Waals surface area contributed by atoms with E-state index in [1.165, 1.54) is 11.3 Å². The van der Waals surface area contributed by atoms with Crippen molar-refractivity contribution in [3.63, 3.8) is 0 Å². The lowest BCUT2D eigenvalue weighted by atomic mass is 10.0. The lowest BCUT2D eigenvalue weighted by Gasteiger charge is -2.20. The number of ether oxygens (including phenoxy) is 1. The molecule has 1 heterocycles. The van der Waals surface area contributed by atoms with Crippen LogP contribution in [0.2, 0.25) is 0 Å². The summed E-state index contributed by atoms with van der Waals surface area (Å²) in [7, 11) is 0. The van der Waals surface area contributed by atoms with Crippen molar-refractivity contribution in [2.24, 2.45) is 5.92 Å². The summed E-state index contributed by atoms with van der Waals surface area (Å²) in [6.07, 6.45) is 3.10. The van der Waals surface area contributed by atoms with Crippen LogP contribution in [0.1, 0.15) is 35.5 Å². The van der Waals surface area contributed by atoms with Crippen LogP contribution in [-0.4, -0.2) is 28.9 Å². The fraction of sp³-hybridized carbons (Fsp3) is 0.167. The van der Waals surface area contributed by atoms with Gasteiger partial charge in [-0.3, -0.25) is 9.59 Å². The summed E-state index contributed by atoms with van der Waals surface area (Å²) in [6, 6.07) is 22.8. The van der Waals surface area contributed by atoms with Gasteiger partial charge < -0.3 is 20.5 Å². The number of carbonyl (C=O) groups excluding carboxylic acids is 2. The number of carboxylic acid groups (broad SMARTS) is 1. The summed E-state index contributed by atoms with van der Waals surface area (Å²) in [4.78, 5) is 37.7. The van der Waals surface area contributed by atoms with E-state index in [1.54, 1.807) is 36.4 Å². The average Bonchev–Trinajstić information content (AvgIpc) is 3.30. The van der Waals surface area contributed by atoms with Crippen LogP contribution in [0, 0.1) is 5.92 Å². The molecular weight excluding hydrogens is 500 g/mol. The number of hydrogen-bond acceptors (Lipinski definition) is 5. The third kappa shape index (κ3) is 7.30. The van der Waals surface area contributed by atoms with E-state index in [-0.39, 0.29) is 17.7 Å². The number of rotatable bonds is 10. The zero-order valence-corrected chi connectivity index (χ0v) is 21.8. The van der Waals surface area contributed by atoms with Crippen LogP contribution in [0.3, 0.4) is 0 Å². The Hall–Kier alpha value is -4.43. The minimum Gasteiger partial charge on any atom is -0.478 e. The average molecular weight is 529 g/mol. The number of fused-ring (bicyclic) bond motifs is 1. The molecule has 4 rings (SSSR count). The minimum absolute atomic E-state index is 0.177. The number of carbonyl (C=O) groups is 3. The number of amides is 2. The van der Waals surface area contributed by atoms with Crippen LogP contribution in [0.15, 0.2) is 84.9 Å². The van der Waals surface area contributed by atoms with Gasteiger partial charge >= 0.3 is 5.97 Å². The third-order valence-electron chi connectivity index (χ3n) is 5.62. The molecule has 0 spiro atoms. The number of carboxylic acids is 1. The Morgan fingerprint density at radius 3 is 2.34 bits per heavy atom. The molecule has 1 unspecified atom stereocenters. The first kappa shape index (κ1) is 26.6. The van der Waals surface area contributed by atoms with Crippen molar-refractivity contribution in [3.05, 3.63) is 95.4 Å². The van der Waals surface area contributed by atoms with Crippen LogP contribution in [0.4, 0.5) is 5.69 Å². The molecule has 7 nitrogen and oxygen atoms in total. The zero-order valence-electron chi connectivity index (χ0n) is 21.0. The summed E-state index contributed by atoms with van der Waals surface area (Å²) in [5.74, 6) is -0.181. The lowest BCUT2D eigenvalue weighted by molar-refractivity contribution is -0.131. The monoisotopic (exact) mass is 528 g/mol. The molecule has 0 bridgehead atoms.